The van der Waals surface area contributed by atoms with Crippen LogP contribution >= 0.6 is 0 Å². The lowest BCUT2D eigenvalue weighted by atomic mass is 9.79. The molecule has 2 saturated heterocycles. The van der Waals surface area contributed by atoms with Gasteiger partial charge in [-0.1, -0.05) is 19.3 Å². The highest BCUT2D eigenvalue weighted by molar-refractivity contribution is 5.98. The van der Waals surface area contributed by atoms with Gasteiger partial charge in [0, 0.05) is 13.1 Å². The Kier molecular flexibility index (Phi) is 4.20. The molecular weight excluding hydrogens is 266 g/mol. The van der Waals surface area contributed by atoms with Crippen LogP contribution in [0.2, 0.25) is 0 Å². The lowest BCUT2D eigenvalue weighted by Crippen LogP contribution is -2.67. The molecule has 5 nitrogen and oxygen atoms in total. The van der Waals surface area contributed by atoms with Gasteiger partial charge in [0.2, 0.25) is 11.8 Å². The van der Waals surface area contributed by atoms with E-state index in [1.165, 1.54) is 19.3 Å². The van der Waals surface area contributed by atoms with Crippen molar-refractivity contribution in [3.05, 3.63) is 0 Å². The number of nitrogens with one attached hydrogen (secondary N) is 1. The van der Waals surface area contributed by atoms with E-state index in [1.807, 2.05) is 4.90 Å². The largest absolute Gasteiger partial charge is 0.340 e. The first kappa shape index (κ1) is 14.8. The van der Waals surface area contributed by atoms with Gasteiger partial charge >= 0.3 is 0 Å². The third-order valence-corrected chi connectivity index (χ3v) is 5.32. The number of rotatable bonds is 2. The number of carbonyl (C=O) groups is 2. The van der Waals surface area contributed by atoms with Crippen LogP contribution in [0.4, 0.5) is 0 Å². The fourth-order valence-electron chi connectivity index (χ4n) is 4.28. The summed E-state index contributed by atoms with van der Waals surface area (Å²) in [6, 6.07) is 0. The van der Waals surface area contributed by atoms with E-state index in [1.54, 1.807) is 0 Å². The summed E-state index contributed by atoms with van der Waals surface area (Å²) in [6.07, 6.45) is 7.27. The second kappa shape index (κ2) is 5.95. The van der Waals surface area contributed by atoms with Gasteiger partial charge in [-0.15, -0.1) is 0 Å². The highest BCUT2D eigenvalue weighted by atomic mass is 16.2. The Morgan fingerprint density at radius 2 is 1.95 bits per heavy atom. The van der Waals surface area contributed by atoms with Crippen LogP contribution in [0, 0.1) is 5.92 Å². The molecule has 2 amide bonds. The van der Waals surface area contributed by atoms with Gasteiger partial charge in [-0.25, -0.2) is 0 Å². The molecule has 21 heavy (non-hydrogen) atoms. The van der Waals surface area contributed by atoms with Gasteiger partial charge in [0.05, 0.1) is 6.54 Å². The van der Waals surface area contributed by atoms with Crippen molar-refractivity contribution in [3.63, 3.8) is 0 Å². The Morgan fingerprint density at radius 1 is 1.19 bits per heavy atom. The fraction of sp³-hybridized carbons (Fsp3) is 0.875. The monoisotopic (exact) mass is 293 g/mol. The zero-order valence-corrected chi connectivity index (χ0v) is 13.1. The van der Waals surface area contributed by atoms with Crippen LogP contribution in [0.3, 0.4) is 0 Å². The zero-order valence-electron chi connectivity index (χ0n) is 13.1. The Balaban J connectivity index is 1.69. The first-order valence-corrected chi connectivity index (χ1v) is 8.38. The molecule has 1 saturated carbocycles. The van der Waals surface area contributed by atoms with Crippen molar-refractivity contribution in [2.75, 3.05) is 33.2 Å². The van der Waals surface area contributed by atoms with Crippen molar-refractivity contribution in [1.29, 1.82) is 0 Å². The summed E-state index contributed by atoms with van der Waals surface area (Å²) in [5.41, 5.74) is -0.575. The molecule has 3 rings (SSSR count). The molecule has 0 aromatic heterocycles. The summed E-state index contributed by atoms with van der Waals surface area (Å²) < 4.78 is 0. The number of hydrogen-bond donors (Lipinski definition) is 1. The van der Waals surface area contributed by atoms with Gasteiger partial charge in [-0.3, -0.25) is 9.59 Å². The van der Waals surface area contributed by atoms with Gasteiger partial charge in [0.1, 0.15) is 5.54 Å². The Morgan fingerprint density at radius 3 is 2.67 bits per heavy atom. The maximum absolute atomic E-state index is 12.9. The molecule has 1 aliphatic carbocycles. The molecule has 5 heteroatoms. The van der Waals surface area contributed by atoms with Crippen LogP contribution in [0.5, 0.6) is 0 Å². The van der Waals surface area contributed by atoms with E-state index in [9.17, 15) is 9.59 Å². The maximum atomic E-state index is 12.9. The van der Waals surface area contributed by atoms with E-state index in [0.29, 0.717) is 5.92 Å². The van der Waals surface area contributed by atoms with Gasteiger partial charge in [-0.2, -0.15) is 0 Å². The molecule has 2 heterocycles. The molecule has 3 fully saturated rings. The number of piperidine rings is 1. The quantitative estimate of drug-likeness (QED) is 0.826. The van der Waals surface area contributed by atoms with Crippen molar-refractivity contribution < 1.29 is 9.59 Å². The average Bonchev–Trinajstić information content (AvgIpc) is 2.45. The lowest BCUT2D eigenvalue weighted by molar-refractivity contribution is -0.152. The first-order chi connectivity index (χ1) is 10.1. The van der Waals surface area contributed by atoms with E-state index >= 15 is 0 Å². The van der Waals surface area contributed by atoms with Crippen LogP contribution in [0.1, 0.15) is 44.9 Å². The number of hydrogen-bond acceptors (Lipinski definition) is 3. The normalized spacial score (nSPS) is 30.5. The van der Waals surface area contributed by atoms with Crippen molar-refractivity contribution in [2.45, 2.75) is 50.5 Å². The molecule has 1 N–H and O–H groups in total. The summed E-state index contributed by atoms with van der Waals surface area (Å²) in [5, 5.41) is 3.02. The third kappa shape index (κ3) is 3.07. The van der Waals surface area contributed by atoms with Crippen molar-refractivity contribution in [2.24, 2.45) is 5.92 Å². The maximum Gasteiger partial charge on any atom is 0.248 e. The number of nitrogens with zero attached hydrogens (tertiary/aromatic N) is 2. The van der Waals surface area contributed by atoms with Gasteiger partial charge < -0.3 is 15.1 Å². The highest BCUT2D eigenvalue weighted by Crippen LogP contribution is 2.32. The van der Waals surface area contributed by atoms with Crippen LogP contribution in [0.15, 0.2) is 0 Å². The summed E-state index contributed by atoms with van der Waals surface area (Å²) in [6.45, 7) is 3.19. The van der Waals surface area contributed by atoms with Crippen molar-refractivity contribution in [3.8, 4) is 0 Å². The number of carbonyl (C=O) groups excluding carboxylic acids is 2. The molecule has 0 bridgehead atoms. The van der Waals surface area contributed by atoms with Gasteiger partial charge in [0.15, 0.2) is 0 Å². The van der Waals surface area contributed by atoms with Crippen LogP contribution in [-0.2, 0) is 9.59 Å². The zero-order chi connectivity index (χ0) is 14.9. The molecular formula is C16H27N3O2. The van der Waals surface area contributed by atoms with Crippen LogP contribution in [-0.4, -0.2) is 60.4 Å². The highest BCUT2D eigenvalue weighted by Gasteiger charge is 2.47. The summed E-state index contributed by atoms with van der Waals surface area (Å²) in [7, 11) is 2.14. The second-order valence-electron chi connectivity index (χ2n) is 7.15. The minimum atomic E-state index is -0.575. The van der Waals surface area contributed by atoms with Crippen LogP contribution in [0.25, 0.3) is 0 Å². The summed E-state index contributed by atoms with van der Waals surface area (Å²) in [4.78, 5) is 29.2. The summed E-state index contributed by atoms with van der Waals surface area (Å²) >= 11 is 0. The van der Waals surface area contributed by atoms with E-state index < -0.39 is 5.54 Å². The van der Waals surface area contributed by atoms with Crippen LogP contribution < -0.4 is 5.32 Å². The molecule has 2 aliphatic heterocycles. The molecule has 1 unspecified atom stereocenters. The Labute approximate surface area is 127 Å². The molecule has 1 spiro atoms. The number of piperazine rings is 1. The topological polar surface area (TPSA) is 52.6 Å². The molecule has 0 radical (unpaired) electrons. The number of likely N-dealkylation sites (tertiary alicyclic amines) is 1. The predicted molar refractivity (Wildman–Crippen MR) is 80.8 cm³/mol. The molecule has 0 aromatic carbocycles. The molecule has 0 aromatic rings. The Bertz CT molecular complexity index is 418. The Hall–Kier alpha value is -1.10. The van der Waals surface area contributed by atoms with E-state index in [0.717, 1.165) is 45.3 Å². The van der Waals surface area contributed by atoms with Crippen molar-refractivity contribution in [1.82, 2.24) is 15.1 Å². The SMILES string of the molecule is CN1CCCC(CN2CC(=O)NC3(CCCCC3)C2=O)C1. The molecule has 1 atom stereocenters. The fourth-order valence-corrected chi connectivity index (χ4v) is 4.28. The van der Waals surface area contributed by atoms with E-state index in [2.05, 4.69) is 17.3 Å². The van der Waals surface area contributed by atoms with Crippen molar-refractivity contribution >= 4 is 11.8 Å². The smallest absolute Gasteiger partial charge is 0.248 e. The number of amides is 2. The predicted octanol–water partition coefficient (Wildman–Crippen LogP) is 0.989. The molecule has 3 aliphatic rings. The van der Waals surface area contributed by atoms with Gasteiger partial charge in [0.25, 0.3) is 0 Å². The molecule has 118 valence electrons. The van der Waals surface area contributed by atoms with Gasteiger partial charge in [-0.05, 0) is 45.2 Å². The average molecular weight is 293 g/mol. The minimum absolute atomic E-state index is 0.0284. The lowest BCUT2D eigenvalue weighted by Gasteiger charge is -2.45. The minimum Gasteiger partial charge on any atom is -0.340 e. The third-order valence-electron chi connectivity index (χ3n) is 5.32. The first-order valence-electron chi connectivity index (χ1n) is 8.38. The van der Waals surface area contributed by atoms with E-state index in [4.69, 9.17) is 0 Å². The van der Waals surface area contributed by atoms with E-state index in [-0.39, 0.29) is 18.4 Å². The standard InChI is InChI=1S/C16H27N3O2/c1-18-9-5-6-13(10-18)11-19-12-14(20)17-16(15(19)21)7-3-2-4-8-16/h13H,2-12H2,1H3,(H,17,20). The second-order valence-corrected chi connectivity index (χ2v) is 7.15. The summed E-state index contributed by atoms with van der Waals surface area (Å²) in [5.74, 6) is 0.718.